The van der Waals surface area contributed by atoms with Crippen molar-refractivity contribution in [1.82, 2.24) is 29.5 Å². The van der Waals surface area contributed by atoms with E-state index in [1.165, 1.54) is 0 Å². The van der Waals surface area contributed by atoms with Crippen molar-refractivity contribution >= 4 is 5.91 Å². The zero-order chi connectivity index (χ0) is 17.9. The molecule has 0 bridgehead atoms. The van der Waals surface area contributed by atoms with Gasteiger partial charge in [0.2, 0.25) is 0 Å². The van der Waals surface area contributed by atoms with Crippen molar-refractivity contribution in [2.24, 2.45) is 0 Å². The summed E-state index contributed by atoms with van der Waals surface area (Å²) in [4.78, 5) is 19.1. The van der Waals surface area contributed by atoms with E-state index in [2.05, 4.69) is 27.3 Å². The van der Waals surface area contributed by atoms with Crippen molar-refractivity contribution in [2.75, 3.05) is 13.6 Å². The average Bonchev–Trinajstić information content (AvgIpc) is 3.31. The largest absolute Gasteiger partial charge is 0.342 e. The van der Waals surface area contributed by atoms with E-state index in [0.717, 1.165) is 30.9 Å². The molecular weight excluding hydrogens is 328 g/mol. The van der Waals surface area contributed by atoms with E-state index in [4.69, 9.17) is 0 Å². The minimum atomic E-state index is -0.153. The topological polar surface area (TPSA) is 68.0 Å². The molecule has 1 unspecified atom stereocenters. The Kier molecular flexibility index (Phi) is 4.53. The molecule has 26 heavy (non-hydrogen) atoms. The Hall–Kier alpha value is -2.93. The van der Waals surface area contributed by atoms with Gasteiger partial charge in [0.1, 0.15) is 0 Å². The number of imidazole rings is 1. The van der Waals surface area contributed by atoms with Gasteiger partial charge in [-0.25, -0.2) is 4.98 Å². The van der Waals surface area contributed by atoms with Gasteiger partial charge in [0.05, 0.1) is 24.6 Å². The number of carbonyl (C=O) groups excluding carboxylic acids is 1. The first-order chi connectivity index (χ1) is 12.7. The molecule has 0 saturated heterocycles. The lowest BCUT2D eigenvalue weighted by Gasteiger charge is -2.22. The summed E-state index contributed by atoms with van der Waals surface area (Å²) >= 11 is 0. The third kappa shape index (κ3) is 3.52. The van der Waals surface area contributed by atoms with Gasteiger partial charge in [-0.05, 0) is 18.7 Å². The van der Waals surface area contributed by atoms with Gasteiger partial charge in [0.25, 0.3) is 5.91 Å². The minimum absolute atomic E-state index is 0.150. The summed E-state index contributed by atoms with van der Waals surface area (Å²) in [5.41, 5.74) is 2.61. The highest BCUT2D eigenvalue weighted by Gasteiger charge is 2.22. The molecule has 1 aromatic carbocycles. The fourth-order valence-corrected chi connectivity index (χ4v) is 3.27. The molecule has 1 N–H and O–H groups in total. The minimum Gasteiger partial charge on any atom is -0.342 e. The molecule has 1 aliphatic heterocycles. The van der Waals surface area contributed by atoms with Crippen LogP contribution in [0.2, 0.25) is 0 Å². The van der Waals surface area contributed by atoms with Gasteiger partial charge in [-0.3, -0.25) is 14.4 Å². The molecule has 0 radical (unpaired) electrons. The van der Waals surface area contributed by atoms with Crippen LogP contribution >= 0.6 is 0 Å². The second kappa shape index (κ2) is 7.13. The first kappa shape index (κ1) is 16.5. The van der Waals surface area contributed by atoms with Crippen LogP contribution in [0.5, 0.6) is 0 Å². The van der Waals surface area contributed by atoms with Gasteiger partial charge in [-0.2, -0.15) is 5.10 Å². The summed E-state index contributed by atoms with van der Waals surface area (Å²) in [7, 11) is 2.08. The Bertz CT molecular complexity index is 871. The maximum atomic E-state index is 12.8. The quantitative estimate of drug-likeness (QED) is 0.760. The Balaban J connectivity index is 1.54. The Morgan fingerprint density at radius 3 is 2.88 bits per heavy atom. The second-order valence-electron chi connectivity index (χ2n) is 6.68. The van der Waals surface area contributed by atoms with Gasteiger partial charge in [-0.15, -0.1) is 0 Å². The second-order valence-corrected chi connectivity index (χ2v) is 6.68. The summed E-state index contributed by atoms with van der Waals surface area (Å²) in [6.07, 6.45) is 5.39. The SMILES string of the molecule is CN1CCn2nc(C(=O)NC(Cn3ccnc3)c3ccccc3)cc2C1. The molecule has 0 spiro atoms. The summed E-state index contributed by atoms with van der Waals surface area (Å²) in [5.74, 6) is -0.150. The lowest BCUT2D eigenvalue weighted by molar-refractivity contribution is 0.0926. The average molecular weight is 350 g/mol. The smallest absolute Gasteiger partial charge is 0.272 e. The van der Waals surface area contributed by atoms with Crippen molar-refractivity contribution in [3.05, 3.63) is 72.1 Å². The van der Waals surface area contributed by atoms with Crippen molar-refractivity contribution in [2.45, 2.75) is 25.7 Å². The van der Waals surface area contributed by atoms with E-state index in [0.29, 0.717) is 12.2 Å². The van der Waals surface area contributed by atoms with Crippen LogP contribution in [-0.2, 0) is 19.6 Å². The number of aromatic nitrogens is 4. The molecule has 7 heteroatoms. The fourth-order valence-electron chi connectivity index (χ4n) is 3.27. The highest BCUT2D eigenvalue weighted by atomic mass is 16.2. The molecule has 7 nitrogen and oxygen atoms in total. The number of carbonyl (C=O) groups is 1. The van der Waals surface area contributed by atoms with Crippen LogP contribution < -0.4 is 5.32 Å². The van der Waals surface area contributed by atoms with Crippen LogP contribution in [0.25, 0.3) is 0 Å². The van der Waals surface area contributed by atoms with Crippen molar-refractivity contribution in [3.63, 3.8) is 0 Å². The number of fused-ring (bicyclic) bond motifs is 1. The summed E-state index contributed by atoms with van der Waals surface area (Å²) in [6, 6.07) is 11.7. The number of hydrogen-bond donors (Lipinski definition) is 1. The van der Waals surface area contributed by atoms with E-state index in [-0.39, 0.29) is 11.9 Å². The number of nitrogens with zero attached hydrogens (tertiary/aromatic N) is 5. The number of benzene rings is 1. The number of rotatable bonds is 5. The first-order valence-electron chi connectivity index (χ1n) is 8.76. The van der Waals surface area contributed by atoms with Gasteiger partial charge in [0, 0.05) is 32.0 Å². The molecule has 4 rings (SSSR count). The van der Waals surface area contributed by atoms with Gasteiger partial charge in [-0.1, -0.05) is 30.3 Å². The Morgan fingerprint density at radius 1 is 1.27 bits per heavy atom. The van der Waals surface area contributed by atoms with Gasteiger partial charge >= 0.3 is 0 Å². The lowest BCUT2D eigenvalue weighted by Crippen LogP contribution is -2.32. The standard InChI is InChI=1S/C19H22N6O/c1-23-9-10-25-16(12-23)11-17(22-25)19(26)21-18(13-24-8-7-20-14-24)15-5-3-2-4-6-15/h2-8,11,14,18H,9-10,12-13H2,1H3,(H,21,26). The third-order valence-corrected chi connectivity index (χ3v) is 4.68. The number of likely N-dealkylation sites (N-methyl/N-ethyl adjacent to an activating group) is 1. The highest BCUT2D eigenvalue weighted by molar-refractivity contribution is 5.92. The van der Waals surface area contributed by atoms with Crippen LogP contribution in [0.4, 0.5) is 0 Å². The van der Waals surface area contributed by atoms with Crippen LogP contribution in [0.3, 0.4) is 0 Å². The lowest BCUT2D eigenvalue weighted by atomic mass is 10.1. The zero-order valence-corrected chi connectivity index (χ0v) is 14.7. The molecule has 0 aliphatic carbocycles. The van der Waals surface area contributed by atoms with Gasteiger partial charge < -0.3 is 9.88 Å². The Morgan fingerprint density at radius 2 is 2.12 bits per heavy atom. The molecule has 1 atom stereocenters. The molecule has 2 aromatic heterocycles. The molecule has 0 saturated carbocycles. The normalized spacial score (nSPS) is 15.4. The molecule has 134 valence electrons. The predicted octanol–water partition coefficient (Wildman–Crippen LogP) is 1.70. The first-order valence-corrected chi connectivity index (χ1v) is 8.76. The third-order valence-electron chi connectivity index (χ3n) is 4.68. The van der Waals surface area contributed by atoms with E-state index in [1.54, 1.807) is 12.5 Å². The maximum absolute atomic E-state index is 12.8. The van der Waals surface area contributed by atoms with Crippen LogP contribution in [0.1, 0.15) is 27.8 Å². The van der Waals surface area contributed by atoms with Crippen LogP contribution in [0.15, 0.2) is 55.1 Å². The van der Waals surface area contributed by atoms with Crippen LogP contribution in [0, 0.1) is 0 Å². The van der Waals surface area contributed by atoms with Crippen LogP contribution in [-0.4, -0.2) is 43.7 Å². The van der Waals surface area contributed by atoms with E-state index >= 15 is 0 Å². The number of amides is 1. The molecule has 3 heterocycles. The zero-order valence-electron chi connectivity index (χ0n) is 14.7. The van der Waals surface area contributed by atoms with E-state index in [1.807, 2.05) is 51.8 Å². The summed E-state index contributed by atoms with van der Waals surface area (Å²) < 4.78 is 3.90. The van der Waals surface area contributed by atoms with E-state index in [9.17, 15) is 4.79 Å². The highest BCUT2D eigenvalue weighted by Crippen LogP contribution is 2.17. The van der Waals surface area contributed by atoms with Gasteiger partial charge in [0.15, 0.2) is 5.69 Å². The molecule has 0 fully saturated rings. The van der Waals surface area contributed by atoms with E-state index < -0.39 is 0 Å². The molecule has 3 aromatic rings. The monoisotopic (exact) mass is 350 g/mol. The fraction of sp³-hybridized carbons (Fsp3) is 0.316. The summed E-state index contributed by atoms with van der Waals surface area (Å²) in [6.45, 7) is 3.20. The summed E-state index contributed by atoms with van der Waals surface area (Å²) in [5, 5.41) is 7.62. The molecule has 1 amide bonds. The van der Waals surface area contributed by atoms with Crippen molar-refractivity contribution in [3.8, 4) is 0 Å². The number of hydrogen-bond acceptors (Lipinski definition) is 4. The maximum Gasteiger partial charge on any atom is 0.272 e. The number of nitrogens with one attached hydrogen (secondary N) is 1. The molecular formula is C19H22N6O. The predicted molar refractivity (Wildman–Crippen MR) is 97.4 cm³/mol. The van der Waals surface area contributed by atoms with Crippen molar-refractivity contribution in [1.29, 1.82) is 0 Å². The molecule has 1 aliphatic rings. The van der Waals surface area contributed by atoms with Crippen molar-refractivity contribution < 1.29 is 4.79 Å². The Labute approximate surface area is 152 Å².